The van der Waals surface area contributed by atoms with Crippen molar-refractivity contribution in [1.29, 1.82) is 0 Å². The molecule has 18 heavy (non-hydrogen) atoms. The molecule has 0 radical (unpaired) electrons. The van der Waals surface area contributed by atoms with Gasteiger partial charge in [-0.2, -0.15) is 0 Å². The Kier molecular flexibility index (Phi) is 3.79. The predicted octanol–water partition coefficient (Wildman–Crippen LogP) is 3.70. The first kappa shape index (κ1) is 13.9. The van der Waals surface area contributed by atoms with Crippen molar-refractivity contribution >= 4 is 28.9 Å². The number of ether oxygens (including phenoxy) is 1. The Morgan fingerprint density at radius 3 is 2.28 bits per heavy atom. The van der Waals surface area contributed by atoms with Crippen LogP contribution in [0.1, 0.15) is 32.4 Å². The van der Waals surface area contributed by atoms with E-state index in [1.54, 1.807) is 0 Å². The zero-order valence-electron chi connectivity index (χ0n) is 10.8. The molecule has 100 valence electrons. The summed E-state index contributed by atoms with van der Waals surface area (Å²) in [6.45, 7) is 7.96. The predicted molar refractivity (Wildman–Crippen MR) is 76.0 cm³/mol. The highest BCUT2D eigenvalue weighted by atomic mass is 35.5. The molecule has 2 N–H and O–H groups in total. The van der Waals surface area contributed by atoms with E-state index in [4.69, 9.17) is 33.7 Å². The Morgan fingerprint density at radius 1 is 1.28 bits per heavy atom. The van der Waals surface area contributed by atoms with E-state index in [1.807, 2.05) is 12.1 Å². The molecule has 0 aliphatic carbocycles. The van der Waals surface area contributed by atoms with Gasteiger partial charge in [-0.15, -0.1) is 0 Å². The fraction of sp³-hybridized carbons (Fsp3) is 0.538. The van der Waals surface area contributed by atoms with E-state index in [0.717, 1.165) is 12.1 Å². The average Bonchev–Trinajstić information content (AvgIpc) is 2.73. The fourth-order valence-electron chi connectivity index (χ4n) is 1.94. The van der Waals surface area contributed by atoms with Gasteiger partial charge in [0, 0.05) is 12.1 Å². The third-order valence-corrected chi connectivity index (χ3v) is 3.87. The molecule has 1 aromatic carbocycles. The van der Waals surface area contributed by atoms with Crippen LogP contribution in [0.5, 0.6) is 0 Å². The van der Waals surface area contributed by atoms with E-state index in [2.05, 4.69) is 25.7 Å². The number of rotatable bonds is 1. The van der Waals surface area contributed by atoms with Crippen LogP contribution in [0, 0.1) is 0 Å². The smallest absolute Gasteiger partial charge is 0.100 e. The van der Waals surface area contributed by atoms with Gasteiger partial charge in [-0.1, -0.05) is 23.2 Å². The van der Waals surface area contributed by atoms with E-state index in [9.17, 15) is 0 Å². The lowest BCUT2D eigenvalue weighted by molar-refractivity contribution is 0.0607. The van der Waals surface area contributed by atoms with Crippen LogP contribution in [0.2, 0.25) is 10.0 Å². The molecule has 1 saturated heterocycles. The first-order valence-corrected chi connectivity index (χ1v) is 6.65. The zero-order valence-corrected chi connectivity index (χ0v) is 12.3. The summed E-state index contributed by atoms with van der Waals surface area (Å²) >= 11 is 12.1. The number of anilines is 1. The molecular formula is C13H18Cl2N2O. The summed E-state index contributed by atoms with van der Waals surface area (Å²) in [5.74, 6) is 0. The second-order valence-electron chi connectivity index (χ2n) is 5.58. The fourth-order valence-corrected chi connectivity index (χ4v) is 2.45. The van der Waals surface area contributed by atoms with Crippen molar-refractivity contribution in [1.82, 2.24) is 4.90 Å². The van der Waals surface area contributed by atoms with Gasteiger partial charge in [0.15, 0.2) is 0 Å². The highest BCUT2D eigenvalue weighted by Crippen LogP contribution is 2.35. The molecule has 1 heterocycles. The lowest BCUT2D eigenvalue weighted by Gasteiger charge is -2.29. The average molecular weight is 289 g/mol. The first-order chi connectivity index (χ1) is 8.29. The maximum atomic E-state index is 6.05. The maximum Gasteiger partial charge on any atom is 0.100 e. The molecule has 0 unspecified atom stereocenters. The van der Waals surface area contributed by atoms with Crippen LogP contribution >= 0.6 is 23.2 Å². The minimum atomic E-state index is -0.000162. The van der Waals surface area contributed by atoms with Crippen LogP contribution in [0.25, 0.3) is 0 Å². The number of halogens is 2. The Balaban J connectivity index is 2.20. The first-order valence-electron chi connectivity index (χ1n) is 5.90. The van der Waals surface area contributed by atoms with Gasteiger partial charge >= 0.3 is 0 Å². The SMILES string of the molecule is CC(C)(C)N1CO[C@@H](c2cc(Cl)c(N)c(Cl)c2)C1. The Labute approximate surface area is 118 Å². The quantitative estimate of drug-likeness (QED) is 0.801. The highest BCUT2D eigenvalue weighted by Gasteiger charge is 2.32. The number of nitrogen functional groups attached to an aromatic ring is 1. The number of benzene rings is 1. The zero-order chi connectivity index (χ0) is 13.5. The van der Waals surface area contributed by atoms with E-state index < -0.39 is 0 Å². The number of hydrogen-bond donors (Lipinski definition) is 1. The highest BCUT2D eigenvalue weighted by molar-refractivity contribution is 6.38. The lowest BCUT2D eigenvalue weighted by Crippen LogP contribution is -2.39. The van der Waals surface area contributed by atoms with E-state index >= 15 is 0 Å². The van der Waals surface area contributed by atoms with Crippen molar-refractivity contribution in [2.24, 2.45) is 0 Å². The van der Waals surface area contributed by atoms with Crippen LogP contribution < -0.4 is 5.73 Å². The number of hydrogen-bond acceptors (Lipinski definition) is 3. The van der Waals surface area contributed by atoms with Crippen LogP contribution in [0.15, 0.2) is 12.1 Å². The van der Waals surface area contributed by atoms with Gasteiger partial charge in [-0.25, -0.2) is 0 Å². The van der Waals surface area contributed by atoms with Crippen LogP contribution in [0.4, 0.5) is 5.69 Å². The normalized spacial score (nSPS) is 21.5. The van der Waals surface area contributed by atoms with Crippen LogP contribution in [-0.2, 0) is 4.74 Å². The summed E-state index contributed by atoms with van der Waals surface area (Å²) in [5.41, 5.74) is 7.23. The minimum Gasteiger partial charge on any atom is -0.396 e. The van der Waals surface area contributed by atoms with E-state index in [1.165, 1.54) is 0 Å². The van der Waals surface area contributed by atoms with E-state index in [0.29, 0.717) is 22.5 Å². The van der Waals surface area contributed by atoms with Crippen molar-refractivity contribution in [3.8, 4) is 0 Å². The van der Waals surface area contributed by atoms with Gasteiger partial charge in [0.05, 0.1) is 21.8 Å². The largest absolute Gasteiger partial charge is 0.396 e. The molecule has 0 bridgehead atoms. The van der Waals surface area contributed by atoms with Crippen molar-refractivity contribution < 1.29 is 4.74 Å². The summed E-state index contributed by atoms with van der Waals surface area (Å²) in [6, 6.07) is 3.67. The molecule has 1 fully saturated rings. The molecule has 1 aromatic rings. The standard InChI is InChI=1S/C13H18Cl2N2O/c1-13(2,3)17-6-11(18-7-17)8-4-9(14)12(16)10(15)5-8/h4-5,11H,6-7,16H2,1-3H3/t11-/m1/s1. The van der Waals surface area contributed by atoms with Gasteiger partial charge in [-0.3, -0.25) is 4.90 Å². The summed E-state index contributed by atoms with van der Waals surface area (Å²) < 4.78 is 5.80. The molecule has 0 spiro atoms. The molecule has 1 aliphatic heterocycles. The Hall–Kier alpha value is -0.480. The number of nitrogens with zero attached hydrogens (tertiary/aromatic N) is 1. The molecule has 3 nitrogen and oxygen atoms in total. The van der Waals surface area contributed by atoms with Gasteiger partial charge in [0.2, 0.25) is 0 Å². The minimum absolute atomic E-state index is 0.000162. The summed E-state index contributed by atoms with van der Waals surface area (Å²) in [7, 11) is 0. The lowest BCUT2D eigenvalue weighted by atomic mass is 10.0. The second-order valence-corrected chi connectivity index (χ2v) is 6.39. The van der Waals surface area contributed by atoms with E-state index in [-0.39, 0.29) is 11.6 Å². The van der Waals surface area contributed by atoms with Crippen molar-refractivity contribution in [2.75, 3.05) is 19.0 Å². The number of nitrogens with two attached hydrogens (primary N) is 1. The second kappa shape index (κ2) is 4.89. The monoisotopic (exact) mass is 288 g/mol. The topological polar surface area (TPSA) is 38.5 Å². The Morgan fingerprint density at radius 2 is 1.83 bits per heavy atom. The van der Waals surface area contributed by atoms with Gasteiger partial charge in [0.1, 0.15) is 6.73 Å². The van der Waals surface area contributed by atoms with Crippen molar-refractivity contribution in [3.63, 3.8) is 0 Å². The summed E-state index contributed by atoms with van der Waals surface area (Å²) in [4.78, 5) is 2.27. The third-order valence-electron chi connectivity index (χ3n) is 3.24. The molecule has 1 atom stereocenters. The molecule has 5 heteroatoms. The summed E-state index contributed by atoms with van der Waals surface area (Å²) in [5, 5.41) is 0.964. The molecule has 1 aliphatic rings. The Bertz CT molecular complexity index is 434. The maximum absolute atomic E-state index is 6.05. The molecule has 0 amide bonds. The third kappa shape index (κ3) is 2.75. The molecule has 0 saturated carbocycles. The summed E-state index contributed by atoms with van der Waals surface area (Å²) in [6.07, 6.45) is -0.000162. The molecule has 2 rings (SSSR count). The molecule has 0 aromatic heterocycles. The van der Waals surface area contributed by atoms with Crippen LogP contribution in [0.3, 0.4) is 0 Å². The van der Waals surface area contributed by atoms with Crippen LogP contribution in [-0.4, -0.2) is 23.7 Å². The van der Waals surface area contributed by atoms with Gasteiger partial charge in [-0.05, 0) is 38.5 Å². The van der Waals surface area contributed by atoms with Gasteiger partial charge < -0.3 is 10.5 Å². The molecular weight excluding hydrogens is 271 g/mol. The van der Waals surface area contributed by atoms with Crippen molar-refractivity contribution in [2.45, 2.75) is 32.4 Å². The van der Waals surface area contributed by atoms with Crippen molar-refractivity contribution in [3.05, 3.63) is 27.7 Å². The van der Waals surface area contributed by atoms with Gasteiger partial charge in [0.25, 0.3) is 0 Å².